The van der Waals surface area contributed by atoms with E-state index in [2.05, 4.69) is 4.90 Å². The lowest BCUT2D eigenvalue weighted by Gasteiger charge is -2.28. The minimum absolute atomic E-state index is 0.0364. The molecule has 0 bridgehead atoms. The lowest BCUT2D eigenvalue weighted by molar-refractivity contribution is -0.141. The molecule has 0 saturated carbocycles. The number of carbonyl (C=O) groups is 2. The van der Waals surface area contributed by atoms with E-state index >= 15 is 0 Å². The molecule has 1 N–H and O–H groups in total. The summed E-state index contributed by atoms with van der Waals surface area (Å²) in [5, 5.41) is 8.86. The van der Waals surface area contributed by atoms with Crippen molar-refractivity contribution in [3.63, 3.8) is 0 Å². The summed E-state index contributed by atoms with van der Waals surface area (Å²) < 4.78 is 5.24. The van der Waals surface area contributed by atoms with Crippen LogP contribution in [0.3, 0.4) is 0 Å². The first kappa shape index (κ1) is 12.3. The number of morpholine rings is 1. The van der Waals surface area contributed by atoms with Gasteiger partial charge in [0.25, 0.3) is 0 Å². The third kappa shape index (κ3) is 3.17. The highest BCUT2D eigenvalue weighted by Gasteiger charge is 2.34. The van der Waals surface area contributed by atoms with Gasteiger partial charge < -0.3 is 14.7 Å². The maximum Gasteiger partial charge on any atom is 0.308 e. The second-order valence-corrected chi connectivity index (χ2v) is 4.53. The summed E-state index contributed by atoms with van der Waals surface area (Å²) in [5.74, 6) is -1.43. The van der Waals surface area contributed by atoms with Crippen LogP contribution in [-0.4, -0.2) is 72.7 Å². The van der Waals surface area contributed by atoms with Crippen LogP contribution in [0.15, 0.2) is 0 Å². The molecule has 1 amide bonds. The molecule has 0 aromatic rings. The van der Waals surface area contributed by atoms with E-state index < -0.39 is 11.9 Å². The molecule has 1 atom stereocenters. The number of carboxylic acids is 1. The zero-order valence-electron chi connectivity index (χ0n) is 9.80. The summed E-state index contributed by atoms with van der Waals surface area (Å²) in [6.45, 7) is 5.06. The highest BCUT2D eigenvalue weighted by atomic mass is 16.5. The normalized spacial score (nSPS) is 26.5. The van der Waals surface area contributed by atoms with Gasteiger partial charge in [-0.05, 0) is 0 Å². The fraction of sp³-hybridized carbons (Fsp3) is 0.818. The Bertz CT molecular complexity index is 302. The quantitative estimate of drug-likeness (QED) is 0.702. The van der Waals surface area contributed by atoms with Gasteiger partial charge in [-0.1, -0.05) is 0 Å². The van der Waals surface area contributed by atoms with Crippen LogP contribution in [0, 0.1) is 5.92 Å². The van der Waals surface area contributed by atoms with E-state index in [0.29, 0.717) is 13.1 Å². The molecule has 96 valence electrons. The molecule has 2 saturated heterocycles. The zero-order valence-corrected chi connectivity index (χ0v) is 9.80. The number of nitrogens with zero attached hydrogens (tertiary/aromatic N) is 2. The Morgan fingerprint density at radius 2 is 2.06 bits per heavy atom. The van der Waals surface area contributed by atoms with Crippen LogP contribution in [0.1, 0.15) is 6.42 Å². The van der Waals surface area contributed by atoms with E-state index in [1.54, 1.807) is 4.90 Å². The largest absolute Gasteiger partial charge is 0.481 e. The number of carbonyl (C=O) groups excluding carboxylic acids is 1. The van der Waals surface area contributed by atoms with E-state index in [-0.39, 0.29) is 12.3 Å². The number of ether oxygens (including phenoxy) is 1. The lowest BCUT2D eigenvalue weighted by Crippen LogP contribution is -2.42. The predicted octanol–water partition coefficient (Wildman–Crippen LogP) is -0.748. The van der Waals surface area contributed by atoms with Gasteiger partial charge in [-0.25, -0.2) is 0 Å². The molecule has 0 aromatic carbocycles. The van der Waals surface area contributed by atoms with Crippen LogP contribution < -0.4 is 0 Å². The SMILES string of the molecule is O=C(O)[C@@H]1CC(=O)N(CCN2CCOCC2)C1. The first-order valence-electron chi connectivity index (χ1n) is 5.97. The highest BCUT2D eigenvalue weighted by molar-refractivity contribution is 5.86. The molecule has 0 aliphatic carbocycles. The Morgan fingerprint density at radius 3 is 2.65 bits per heavy atom. The summed E-state index contributed by atoms with van der Waals surface area (Å²) in [6.07, 6.45) is 0.151. The molecule has 2 fully saturated rings. The molecule has 2 aliphatic heterocycles. The summed E-state index contributed by atoms with van der Waals surface area (Å²) >= 11 is 0. The van der Waals surface area contributed by atoms with Crippen molar-refractivity contribution in [2.75, 3.05) is 45.9 Å². The monoisotopic (exact) mass is 242 g/mol. The Morgan fingerprint density at radius 1 is 1.35 bits per heavy atom. The van der Waals surface area contributed by atoms with Crippen molar-refractivity contribution in [3.05, 3.63) is 0 Å². The molecule has 6 nitrogen and oxygen atoms in total. The number of amides is 1. The van der Waals surface area contributed by atoms with Crippen LogP contribution in [0.5, 0.6) is 0 Å². The third-order valence-corrected chi connectivity index (χ3v) is 3.35. The van der Waals surface area contributed by atoms with Gasteiger partial charge in [0.1, 0.15) is 0 Å². The molecular formula is C11H18N2O4. The number of aliphatic carboxylic acids is 1. The molecule has 0 aromatic heterocycles. The maximum atomic E-state index is 11.6. The Labute approximate surface area is 100 Å². The minimum atomic E-state index is -0.868. The average Bonchev–Trinajstić information content (AvgIpc) is 2.70. The van der Waals surface area contributed by atoms with Crippen molar-refractivity contribution < 1.29 is 19.4 Å². The van der Waals surface area contributed by atoms with Gasteiger partial charge in [0, 0.05) is 39.1 Å². The van der Waals surface area contributed by atoms with E-state index in [9.17, 15) is 9.59 Å². The molecule has 17 heavy (non-hydrogen) atoms. The Kier molecular flexibility index (Phi) is 3.96. The first-order valence-corrected chi connectivity index (χ1v) is 5.97. The molecule has 2 heterocycles. The predicted molar refractivity (Wildman–Crippen MR) is 59.6 cm³/mol. The van der Waals surface area contributed by atoms with Gasteiger partial charge in [-0.15, -0.1) is 0 Å². The van der Waals surface area contributed by atoms with E-state index in [4.69, 9.17) is 9.84 Å². The van der Waals surface area contributed by atoms with Gasteiger partial charge in [0.15, 0.2) is 0 Å². The van der Waals surface area contributed by atoms with Crippen LogP contribution in [0.4, 0.5) is 0 Å². The zero-order chi connectivity index (χ0) is 12.3. The second kappa shape index (κ2) is 5.46. The number of hydrogen-bond donors (Lipinski definition) is 1. The van der Waals surface area contributed by atoms with Crippen molar-refractivity contribution in [1.29, 1.82) is 0 Å². The van der Waals surface area contributed by atoms with Crippen molar-refractivity contribution in [2.45, 2.75) is 6.42 Å². The number of likely N-dealkylation sites (tertiary alicyclic amines) is 1. The molecule has 0 unspecified atom stereocenters. The van der Waals surface area contributed by atoms with Crippen molar-refractivity contribution in [1.82, 2.24) is 9.80 Å². The summed E-state index contributed by atoms with van der Waals surface area (Å²) in [6, 6.07) is 0. The number of rotatable bonds is 4. The number of hydrogen-bond acceptors (Lipinski definition) is 4. The van der Waals surface area contributed by atoms with Gasteiger partial charge >= 0.3 is 5.97 Å². The Balaban J connectivity index is 1.75. The van der Waals surface area contributed by atoms with Crippen LogP contribution in [-0.2, 0) is 14.3 Å². The van der Waals surface area contributed by atoms with Gasteiger partial charge in [-0.2, -0.15) is 0 Å². The minimum Gasteiger partial charge on any atom is -0.481 e. The Hall–Kier alpha value is -1.14. The maximum absolute atomic E-state index is 11.6. The van der Waals surface area contributed by atoms with Crippen molar-refractivity contribution in [2.24, 2.45) is 5.92 Å². The topological polar surface area (TPSA) is 70.1 Å². The summed E-state index contributed by atoms with van der Waals surface area (Å²) in [5.41, 5.74) is 0. The van der Waals surface area contributed by atoms with E-state index in [1.165, 1.54) is 0 Å². The van der Waals surface area contributed by atoms with Crippen molar-refractivity contribution in [3.8, 4) is 0 Å². The van der Waals surface area contributed by atoms with Crippen LogP contribution in [0.2, 0.25) is 0 Å². The molecular weight excluding hydrogens is 224 g/mol. The summed E-state index contributed by atoms with van der Waals surface area (Å²) in [4.78, 5) is 26.3. The fourth-order valence-corrected chi connectivity index (χ4v) is 2.24. The van der Waals surface area contributed by atoms with E-state index in [1.807, 2.05) is 0 Å². The molecule has 0 spiro atoms. The van der Waals surface area contributed by atoms with Crippen molar-refractivity contribution >= 4 is 11.9 Å². The molecule has 6 heteroatoms. The van der Waals surface area contributed by atoms with Gasteiger partial charge in [0.05, 0.1) is 19.1 Å². The second-order valence-electron chi connectivity index (χ2n) is 4.53. The first-order chi connectivity index (χ1) is 8.16. The molecule has 0 radical (unpaired) electrons. The highest BCUT2D eigenvalue weighted by Crippen LogP contribution is 2.17. The summed E-state index contributed by atoms with van der Waals surface area (Å²) in [7, 11) is 0. The fourth-order valence-electron chi connectivity index (χ4n) is 2.24. The smallest absolute Gasteiger partial charge is 0.308 e. The van der Waals surface area contributed by atoms with Crippen LogP contribution in [0.25, 0.3) is 0 Å². The number of carboxylic acid groups (broad SMARTS) is 1. The molecule has 2 aliphatic rings. The van der Waals surface area contributed by atoms with Gasteiger partial charge in [-0.3, -0.25) is 14.5 Å². The van der Waals surface area contributed by atoms with Gasteiger partial charge in [0.2, 0.25) is 5.91 Å². The third-order valence-electron chi connectivity index (χ3n) is 3.35. The standard InChI is InChI=1S/C11H18N2O4/c14-10-7-9(11(15)16)8-13(10)2-1-12-3-5-17-6-4-12/h9H,1-8H2,(H,15,16)/t9-/m1/s1. The lowest BCUT2D eigenvalue weighted by atomic mass is 10.1. The average molecular weight is 242 g/mol. The van der Waals surface area contributed by atoms with E-state index in [0.717, 1.165) is 32.8 Å². The molecule has 2 rings (SSSR count). The van der Waals surface area contributed by atoms with Crippen LogP contribution >= 0.6 is 0 Å².